The number of aryl methyl sites for hydroxylation is 1. The molecule has 3 rings (SSSR count). The standard InChI is InChI=1S/C24H31BF3NO2/c26-24(27,28)22-12-10-20(11-13-22)19-8-6-17(7-9-19)4-5-18-15-21(16-18)23(29)3-1-2-14-25(30)31/h6-13,18,21,23,30-31H,1-5,14-16,29H2. The van der Waals surface area contributed by atoms with Crippen molar-refractivity contribution in [1.29, 1.82) is 0 Å². The van der Waals surface area contributed by atoms with E-state index < -0.39 is 18.9 Å². The van der Waals surface area contributed by atoms with Gasteiger partial charge in [-0.05, 0) is 79.1 Å². The van der Waals surface area contributed by atoms with Gasteiger partial charge in [-0.25, -0.2) is 0 Å². The molecule has 1 aliphatic rings. The summed E-state index contributed by atoms with van der Waals surface area (Å²) in [6.45, 7) is 0. The van der Waals surface area contributed by atoms with Gasteiger partial charge in [-0.2, -0.15) is 13.2 Å². The van der Waals surface area contributed by atoms with E-state index in [1.54, 1.807) is 0 Å². The molecule has 1 atom stereocenters. The molecular formula is C24H31BF3NO2. The van der Waals surface area contributed by atoms with Gasteiger partial charge >= 0.3 is 13.3 Å². The minimum absolute atomic E-state index is 0.204. The predicted octanol–water partition coefficient (Wildman–Crippen LogP) is 5.30. The van der Waals surface area contributed by atoms with Crippen LogP contribution in [0.1, 0.15) is 49.7 Å². The average molecular weight is 433 g/mol. The van der Waals surface area contributed by atoms with Gasteiger partial charge < -0.3 is 15.8 Å². The lowest BCUT2D eigenvalue weighted by atomic mass is 9.68. The number of hydrogen-bond donors (Lipinski definition) is 3. The summed E-state index contributed by atoms with van der Waals surface area (Å²) in [5.41, 5.74) is 8.59. The lowest BCUT2D eigenvalue weighted by molar-refractivity contribution is -0.137. The van der Waals surface area contributed by atoms with E-state index in [-0.39, 0.29) is 6.04 Å². The van der Waals surface area contributed by atoms with E-state index in [1.807, 2.05) is 12.1 Å². The Hall–Kier alpha value is -1.83. The molecule has 168 valence electrons. The second-order valence-corrected chi connectivity index (χ2v) is 8.84. The van der Waals surface area contributed by atoms with Crippen LogP contribution in [-0.2, 0) is 12.6 Å². The van der Waals surface area contributed by atoms with Crippen molar-refractivity contribution in [3.05, 3.63) is 59.7 Å². The SMILES string of the molecule is NC(CCCCB(O)O)C1CC(CCc2ccc(-c3ccc(C(F)(F)F)cc3)cc2)C1. The smallest absolute Gasteiger partial charge is 0.427 e. The Kier molecular flexibility index (Phi) is 8.20. The zero-order valence-corrected chi connectivity index (χ0v) is 17.7. The first kappa shape index (κ1) is 23.8. The third kappa shape index (κ3) is 7.09. The molecule has 0 aromatic heterocycles. The maximum absolute atomic E-state index is 12.7. The molecule has 2 aromatic rings. The topological polar surface area (TPSA) is 66.5 Å². The zero-order valence-electron chi connectivity index (χ0n) is 17.7. The van der Waals surface area contributed by atoms with E-state index in [9.17, 15) is 13.2 Å². The molecule has 1 saturated carbocycles. The van der Waals surface area contributed by atoms with Crippen LogP contribution >= 0.6 is 0 Å². The van der Waals surface area contributed by atoms with E-state index in [2.05, 4.69) is 12.1 Å². The molecule has 1 fully saturated rings. The Morgan fingerprint density at radius 3 is 2.06 bits per heavy atom. The van der Waals surface area contributed by atoms with E-state index in [0.29, 0.717) is 18.2 Å². The molecule has 3 nitrogen and oxygen atoms in total. The van der Waals surface area contributed by atoms with Crippen molar-refractivity contribution in [3.8, 4) is 11.1 Å². The van der Waals surface area contributed by atoms with Crippen LogP contribution in [-0.4, -0.2) is 23.2 Å². The highest BCUT2D eigenvalue weighted by molar-refractivity contribution is 6.40. The summed E-state index contributed by atoms with van der Waals surface area (Å²) >= 11 is 0. The average Bonchev–Trinajstić information content (AvgIpc) is 2.70. The van der Waals surface area contributed by atoms with Crippen molar-refractivity contribution in [2.24, 2.45) is 17.6 Å². The number of nitrogens with two attached hydrogens (primary N) is 1. The maximum Gasteiger partial charge on any atom is 0.451 e. The monoisotopic (exact) mass is 433 g/mol. The minimum atomic E-state index is -4.31. The number of halogens is 3. The van der Waals surface area contributed by atoms with Crippen molar-refractivity contribution in [1.82, 2.24) is 0 Å². The summed E-state index contributed by atoms with van der Waals surface area (Å²) in [5.74, 6) is 1.27. The van der Waals surface area contributed by atoms with Crippen molar-refractivity contribution < 1.29 is 23.2 Å². The normalized spacial score (nSPS) is 19.7. The van der Waals surface area contributed by atoms with Gasteiger partial charge in [-0.15, -0.1) is 0 Å². The molecule has 0 aliphatic heterocycles. The highest BCUT2D eigenvalue weighted by Gasteiger charge is 2.32. The number of benzene rings is 2. The highest BCUT2D eigenvalue weighted by Crippen LogP contribution is 2.39. The molecule has 0 amide bonds. The molecule has 1 aliphatic carbocycles. The number of unbranched alkanes of at least 4 members (excludes halogenated alkanes) is 1. The van der Waals surface area contributed by atoms with Gasteiger partial charge in [0, 0.05) is 6.04 Å². The Bertz CT molecular complexity index is 803. The van der Waals surface area contributed by atoms with Crippen LogP contribution in [0.15, 0.2) is 48.5 Å². The molecule has 2 aromatic carbocycles. The number of alkyl halides is 3. The fourth-order valence-electron chi connectivity index (χ4n) is 4.40. The molecule has 0 heterocycles. The van der Waals surface area contributed by atoms with Gasteiger partial charge in [0.15, 0.2) is 0 Å². The van der Waals surface area contributed by atoms with Crippen LogP contribution in [0.3, 0.4) is 0 Å². The second kappa shape index (κ2) is 10.7. The first-order valence-electron chi connectivity index (χ1n) is 11.1. The van der Waals surface area contributed by atoms with Gasteiger partial charge in [-0.1, -0.05) is 49.2 Å². The predicted molar refractivity (Wildman–Crippen MR) is 118 cm³/mol. The van der Waals surface area contributed by atoms with Crippen LogP contribution in [0.2, 0.25) is 6.32 Å². The van der Waals surface area contributed by atoms with Crippen LogP contribution in [0.5, 0.6) is 0 Å². The molecule has 0 saturated heterocycles. The minimum Gasteiger partial charge on any atom is -0.427 e. The number of hydrogen-bond acceptors (Lipinski definition) is 3. The second-order valence-electron chi connectivity index (χ2n) is 8.84. The van der Waals surface area contributed by atoms with Crippen LogP contribution < -0.4 is 5.73 Å². The molecule has 0 bridgehead atoms. The van der Waals surface area contributed by atoms with Crippen molar-refractivity contribution in [2.75, 3.05) is 0 Å². The quantitative estimate of drug-likeness (QED) is 0.352. The fourth-order valence-corrected chi connectivity index (χ4v) is 4.40. The summed E-state index contributed by atoms with van der Waals surface area (Å²) < 4.78 is 38.1. The fraction of sp³-hybridized carbons (Fsp3) is 0.500. The first-order valence-corrected chi connectivity index (χ1v) is 11.1. The van der Waals surface area contributed by atoms with E-state index in [4.69, 9.17) is 15.8 Å². The molecular weight excluding hydrogens is 402 g/mol. The molecule has 7 heteroatoms. The van der Waals surface area contributed by atoms with Gasteiger partial charge in [0.1, 0.15) is 0 Å². The van der Waals surface area contributed by atoms with Crippen molar-refractivity contribution >= 4 is 7.12 Å². The summed E-state index contributed by atoms with van der Waals surface area (Å²) in [4.78, 5) is 0. The molecule has 0 spiro atoms. The largest absolute Gasteiger partial charge is 0.451 e. The third-order valence-electron chi connectivity index (χ3n) is 6.47. The Morgan fingerprint density at radius 1 is 0.935 bits per heavy atom. The summed E-state index contributed by atoms with van der Waals surface area (Å²) in [7, 11) is -1.21. The lowest BCUT2D eigenvalue weighted by Gasteiger charge is -2.39. The Labute approximate surface area is 182 Å². The van der Waals surface area contributed by atoms with Crippen LogP contribution in [0.25, 0.3) is 11.1 Å². The number of rotatable bonds is 10. The molecule has 31 heavy (non-hydrogen) atoms. The van der Waals surface area contributed by atoms with Crippen LogP contribution in [0.4, 0.5) is 13.2 Å². The van der Waals surface area contributed by atoms with E-state index >= 15 is 0 Å². The molecule has 0 radical (unpaired) electrons. The van der Waals surface area contributed by atoms with Crippen molar-refractivity contribution in [3.63, 3.8) is 0 Å². The Morgan fingerprint density at radius 2 is 1.52 bits per heavy atom. The summed E-state index contributed by atoms with van der Waals surface area (Å²) in [5, 5.41) is 17.7. The van der Waals surface area contributed by atoms with Gasteiger partial charge in [0.25, 0.3) is 0 Å². The maximum atomic E-state index is 12.7. The van der Waals surface area contributed by atoms with Crippen molar-refractivity contribution in [2.45, 2.75) is 63.5 Å². The summed E-state index contributed by atoms with van der Waals surface area (Å²) in [6, 6.07) is 13.5. The Balaban J connectivity index is 1.39. The highest BCUT2D eigenvalue weighted by atomic mass is 19.4. The van der Waals surface area contributed by atoms with Gasteiger partial charge in [0.05, 0.1) is 5.56 Å². The molecule has 4 N–H and O–H groups in total. The lowest BCUT2D eigenvalue weighted by Crippen LogP contribution is -2.39. The summed E-state index contributed by atoms with van der Waals surface area (Å²) in [6.07, 6.45) is 3.22. The molecule has 1 unspecified atom stereocenters. The third-order valence-corrected chi connectivity index (χ3v) is 6.47. The van der Waals surface area contributed by atoms with Crippen LogP contribution in [0, 0.1) is 11.8 Å². The zero-order chi connectivity index (χ0) is 22.4. The first-order chi connectivity index (χ1) is 14.7. The van der Waals surface area contributed by atoms with Gasteiger partial charge in [0.2, 0.25) is 0 Å². The van der Waals surface area contributed by atoms with E-state index in [0.717, 1.165) is 68.2 Å². The van der Waals surface area contributed by atoms with E-state index in [1.165, 1.54) is 17.7 Å². The van der Waals surface area contributed by atoms with Gasteiger partial charge in [-0.3, -0.25) is 0 Å².